The Bertz CT molecular complexity index is 744. The molecule has 1 saturated heterocycles. The number of hydrogen-bond donors (Lipinski definition) is 1. The van der Waals surface area contributed by atoms with Crippen LogP contribution in [-0.2, 0) is 0 Å². The highest BCUT2D eigenvalue weighted by molar-refractivity contribution is 5.96. The normalized spacial score (nSPS) is 15.4. The van der Waals surface area contributed by atoms with Crippen LogP contribution >= 0.6 is 0 Å². The van der Waals surface area contributed by atoms with E-state index in [0.29, 0.717) is 0 Å². The van der Waals surface area contributed by atoms with Crippen LogP contribution in [0.25, 0.3) is 5.69 Å². The van der Waals surface area contributed by atoms with Crippen LogP contribution in [0, 0.1) is 13.8 Å². The molecule has 0 radical (unpaired) electrons. The van der Waals surface area contributed by atoms with E-state index in [4.69, 9.17) is 4.74 Å². The van der Waals surface area contributed by atoms with Gasteiger partial charge in [0.25, 0.3) is 5.91 Å². The van der Waals surface area contributed by atoms with Gasteiger partial charge < -0.3 is 14.5 Å². The molecule has 2 aromatic rings. The minimum absolute atomic E-state index is 0.102. The Morgan fingerprint density at radius 1 is 1.20 bits per heavy atom. The van der Waals surface area contributed by atoms with E-state index in [1.807, 2.05) is 47.7 Å². The second-order valence-corrected chi connectivity index (χ2v) is 6.55. The Hall–Kier alpha value is -2.34. The number of benzene rings is 1. The van der Waals surface area contributed by atoms with E-state index in [-0.39, 0.29) is 5.91 Å². The van der Waals surface area contributed by atoms with Gasteiger partial charge in [0.15, 0.2) is 0 Å². The van der Waals surface area contributed by atoms with E-state index in [2.05, 4.69) is 12.0 Å². The number of methoxy groups -OCH3 is 1. The third-order valence-corrected chi connectivity index (χ3v) is 5.08. The molecule has 1 amide bonds. The lowest BCUT2D eigenvalue weighted by Gasteiger charge is -2.31. The van der Waals surface area contributed by atoms with Crippen molar-refractivity contribution in [2.75, 3.05) is 39.8 Å². The molecule has 3 rings (SSSR count). The molecule has 1 aliphatic heterocycles. The molecule has 1 aromatic heterocycles. The van der Waals surface area contributed by atoms with Crippen LogP contribution in [0.15, 0.2) is 24.3 Å². The van der Waals surface area contributed by atoms with Gasteiger partial charge in [0.2, 0.25) is 0 Å². The molecule has 1 fully saturated rings. The fourth-order valence-electron chi connectivity index (χ4n) is 3.46. The highest BCUT2D eigenvalue weighted by Gasteiger charge is 2.28. The quantitative estimate of drug-likeness (QED) is 0.896. The topological polar surface area (TPSA) is 51.8 Å². The highest BCUT2D eigenvalue weighted by Crippen LogP contribution is 2.21. The molecule has 0 saturated carbocycles. The number of aryl methyl sites for hydroxylation is 1. The summed E-state index contributed by atoms with van der Waals surface area (Å²) < 4.78 is 7.05. The van der Waals surface area contributed by atoms with Crippen LogP contribution in [0.2, 0.25) is 0 Å². The third-order valence-electron chi connectivity index (χ3n) is 5.08. The highest BCUT2D eigenvalue weighted by atomic mass is 16.5. The summed E-state index contributed by atoms with van der Waals surface area (Å²) in [4.78, 5) is 16.6. The Labute approximate surface area is 149 Å². The van der Waals surface area contributed by atoms with Gasteiger partial charge in [-0.05, 0) is 45.0 Å². The molecular formula is C19H27N4O2+. The molecule has 0 bridgehead atoms. The predicted molar refractivity (Wildman–Crippen MR) is 96.7 cm³/mol. The van der Waals surface area contributed by atoms with Crippen molar-refractivity contribution in [1.29, 1.82) is 0 Å². The zero-order valence-corrected chi connectivity index (χ0v) is 15.5. The molecular weight excluding hydrogens is 316 g/mol. The van der Waals surface area contributed by atoms with Gasteiger partial charge in [0, 0.05) is 0 Å². The maximum atomic E-state index is 13.0. The summed E-state index contributed by atoms with van der Waals surface area (Å²) in [5, 5.41) is 4.61. The van der Waals surface area contributed by atoms with Crippen LogP contribution in [-0.4, -0.2) is 60.4 Å². The summed E-state index contributed by atoms with van der Waals surface area (Å²) in [6.45, 7) is 10.9. The standard InChI is InChI=1S/C19H26N4O2/c1-5-21-10-12-22(13-11-21)19(24)18-14(2)20-23(15(18)3)16-6-8-17(25-4)9-7-16/h6-9H,5,10-13H2,1-4H3/p+1. The summed E-state index contributed by atoms with van der Waals surface area (Å²) in [5.74, 6) is 0.905. The molecule has 25 heavy (non-hydrogen) atoms. The average Bonchev–Trinajstić information content (AvgIpc) is 2.95. The van der Waals surface area contributed by atoms with Crippen molar-refractivity contribution in [3.05, 3.63) is 41.2 Å². The minimum atomic E-state index is 0.102. The van der Waals surface area contributed by atoms with E-state index in [1.165, 1.54) is 0 Å². The Kier molecular flexibility index (Phi) is 5.08. The molecule has 0 atom stereocenters. The number of nitrogens with zero attached hydrogens (tertiary/aromatic N) is 3. The first-order valence-corrected chi connectivity index (χ1v) is 8.88. The molecule has 1 aromatic carbocycles. The number of hydrogen-bond acceptors (Lipinski definition) is 3. The molecule has 6 heteroatoms. The second-order valence-electron chi connectivity index (χ2n) is 6.55. The summed E-state index contributed by atoms with van der Waals surface area (Å²) in [7, 11) is 1.65. The van der Waals surface area contributed by atoms with E-state index in [9.17, 15) is 4.79 Å². The molecule has 1 aliphatic rings. The summed E-state index contributed by atoms with van der Waals surface area (Å²) in [6.07, 6.45) is 0. The number of piperazine rings is 1. The number of quaternary nitrogens is 1. The van der Waals surface area contributed by atoms with Crippen molar-refractivity contribution in [2.45, 2.75) is 20.8 Å². The fourth-order valence-corrected chi connectivity index (χ4v) is 3.46. The predicted octanol–water partition coefficient (Wildman–Crippen LogP) is 0.858. The lowest BCUT2D eigenvalue weighted by atomic mass is 10.1. The van der Waals surface area contributed by atoms with Gasteiger partial charge in [-0.2, -0.15) is 5.10 Å². The lowest BCUT2D eigenvalue weighted by Crippen LogP contribution is -3.14. The Balaban J connectivity index is 1.85. The van der Waals surface area contributed by atoms with Gasteiger partial charge in [0.05, 0.1) is 62.5 Å². The maximum absolute atomic E-state index is 13.0. The fraction of sp³-hybridized carbons (Fsp3) is 0.474. The molecule has 0 spiro atoms. The number of aromatic nitrogens is 2. The molecule has 0 unspecified atom stereocenters. The smallest absolute Gasteiger partial charge is 0.258 e. The number of ether oxygens (including phenoxy) is 1. The number of nitrogens with one attached hydrogen (secondary N) is 1. The molecule has 2 heterocycles. The lowest BCUT2D eigenvalue weighted by molar-refractivity contribution is -0.902. The monoisotopic (exact) mass is 343 g/mol. The van der Waals surface area contributed by atoms with E-state index in [0.717, 1.165) is 61.1 Å². The first kappa shape index (κ1) is 17.5. The van der Waals surface area contributed by atoms with E-state index < -0.39 is 0 Å². The number of likely N-dealkylation sites (N-methyl/N-ethyl adjacent to an activating group) is 1. The van der Waals surface area contributed by atoms with Crippen molar-refractivity contribution >= 4 is 5.91 Å². The van der Waals surface area contributed by atoms with Crippen LogP contribution in [0.1, 0.15) is 28.7 Å². The Morgan fingerprint density at radius 2 is 1.84 bits per heavy atom. The maximum Gasteiger partial charge on any atom is 0.258 e. The SMILES string of the molecule is CC[NH+]1CCN(C(=O)c2c(C)nn(-c3ccc(OC)cc3)c2C)CC1. The Morgan fingerprint density at radius 3 is 2.40 bits per heavy atom. The first-order valence-electron chi connectivity index (χ1n) is 8.88. The summed E-state index contributed by atoms with van der Waals surface area (Å²) in [6, 6.07) is 7.71. The van der Waals surface area contributed by atoms with E-state index >= 15 is 0 Å². The van der Waals surface area contributed by atoms with Gasteiger partial charge in [-0.25, -0.2) is 4.68 Å². The van der Waals surface area contributed by atoms with Crippen LogP contribution in [0.3, 0.4) is 0 Å². The van der Waals surface area contributed by atoms with Gasteiger partial charge in [-0.1, -0.05) is 0 Å². The first-order chi connectivity index (χ1) is 12.0. The molecule has 134 valence electrons. The molecule has 1 N–H and O–H groups in total. The number of carbonyl (C=O) groups excluding carboxylic acids is 1. The molecule has 0 aliphatic carbocycles. The van der Waals surface area contributed by atoms with Crippen molar-refractivity contribution < 1.29 is 14.4 Å². The van der Waals surface area contributed by atoms with Crippen molar-refractivity contribution in [2.24, 2.45) is 0 Å². The molecule has 6 nitrogen and oxygen atoms in total. The van der Waals surface area contributed by atoms with Crippen LogP contribution in [0.5, 0.6) is 5.75 Å². The van der Waals surface area contributed by atoms with Crippen molar-refractivity contribution in [3.8, 4) is 11.4 Å². The number of rotatable bonds is 4. The van der Waals surface area contributed by atoms with Crippen molar-refractivity contribution in [1.82, 2.24) is 14.7 Å². The number of amides is 1. The van der Waals surface area contributed by atoms with E-state index in [1.54, 1.807) is 12.0 Å². The van der Waals surface area contributed by atoms with Crippen LogP contribution < -0.4 is 9.64 Å². The summed E-state index contributed by atoms with van der Waals surface area (Å²) in [5.41, 5.74) is 3.33. The van der Waals surface area contributed by atoms with Crippen molar-refractivity contribution in [3.63, 3.8) is 0 Å². The zero-order chi connectivity index (χ0) is 18.0. The number of carbonyl (C=O) groups is 1. The van der Waals surface area contributed by atoms with Crippen LogP contribution in [0.4, 0.5) is 0 Å². The minimum Gasteiger partial charge on any atom is -0.497 e. The van der Waals surface area contributed by atoms with Gasteiger partial charge in [-0.15, -0.1) is 0 Å². The van der Waals surface area contributed by atoms with Gasteiger partial charge in [-0.3, -0.25) is 4.79 Å². The van der Waals surface area contributed by atoms with Gasteiger partial charge >= 0.3 is 0 Å². The average molecular weight is 343 g/mol. The zero-order valence-electron chi connectivity index (χ0n) is 15.5. The van der Waals surface area contributed by atoms with Gasteiger partial charge in [0.1, 0.15) is 5.75 Å². The summed E-state index contributed by atoms with van der Waals surface area (Å²) >= 11 is 0. The second kappa shape index (κ2) is 7.27. The third kappa shape index (κ3) is 3.39. The largest absolute Gasteiger partial charge is 0.497 e.